The Morgan fingerprint density at radius 1 is 1.03 bits per heavy atom. The molecule has 0 saturated heterocycles. The van der Waals surface area contributed by atoms with E-state index in [4.69, 9.17) is 4.74 Å². The van der Waals surface area contributed by atoms with Gasteiger partial charge in [0.25, 0.3) is 0 Å². The third kappa shape index (κ3) is 4.12. The molecule has 0 aliphatic rings. The van der Waals surface area contributed by atoms with E-state index in [1.165, 1.54) is 6.07 Å². The van der Waals surface area contributed by atoms with E-state index in [1.54, 1.807) is 36.5 Å². The SMILES string of the molecule is CC(C)Oc1cncc(Nc2c(-c3ncc(-c4ccccc4)cc3F)cnn2C)n1. The fourth-order valence-corrected chi connectivity index (χ4v) is 3.01. The van der Waals surface area contributed by atoms with Crippen LogP contribution in [0.1, 0.15) is 13.8 Å². The lowest BCUT2D eigenvalue weighted by atomic mass is 10.1. The quantitative estimate of drug-likeness (QED) is 0.506. The van der Waals surface area contributed by atoms with Gasteiger partial charge >= 0.3 is 0 Å². The van der Waals surface area contributed by atoms with Crippen LogP contribution >= 0.6 is 0 Å². The molecule has 0 radical (unpaired) electrons. The minimum absolute atomic E-state index is 0.0248. The first-order valence-corrected chi connectivity index (χ1v) is 9.50. The van der Waals surface area contributed by atoms with Gasteiger partial charge in [-0.2, -0.15) is 10.1 Å². The maximum atomic E-state index is 15.0. The lowest BCUT2D eigenvalue weighted by molar-refractivity contribution is 0.232. The van der Waals surface area contributed by atoms with Crippen molar-refractivity contribution < 1.29 is 9.13 Å². The number of nitrogens with zero attached hydrogens (tertiary/aromatic N) is 5. The van der Waals surface area contributed by atoms with E-state index >= 15 is 0 Å². The van der Waals surface area contributed by atoms with Crippen molar-refractivity contribution >= 4 is 11.6 Å². The zero-order chi connectivity index (χ0) is 21.1. The summed E-state index contributed by atoms with van der Waals surface area (Å²) in [5.74, 6) is 0.967. The number of aryl methyl sites for hydroxylation is 1. The average molecular weight is 404 g/mol. The molecule has 0 saturated carbocycles. The van der Waals surface area contributed by atoms with Crippen molar-refractivity contribution in [3.63, 3.8) is 0 Å². The Morgan fingerprint density at radius 3 is 2.57 bits per heavy atom. The summed E-state index contributed by atoms with van der Waals surface area (Å²) in [6.45, 7) is 3.82. The Balaban J connectivity index is 1.66. The van der Waals surface area contributed by atoms with Crippen molar-refractivity contribution in [2.75, 3.05) is 5.32 Å². The number of hydrogen-bond donors (Lipinski definition) is 1. The summed E-state index contributed by atoms with van der Waals surface area (Å²) >= 11 is 0. The van der Waals surface area contributed by atoms with Crippen LogP contribution in [0.25, 0.3) is 22.4 Å². The molecule has 8 heteroatoms. The number of anilines is 2. The average Bonchev–Trinajstić information content (AvgIpc) is 3.08. The first-order valence-electron chi connectivity index (χ1n) is 9.50. The number of rotatable bonds is 6. The van der Waals surface area contributed by atoms with Crippen LogP contribution in [0, 0.1) is 5.82 Å². The minimum Gasteiger partial charge on any atom is -0.474 e. The lowest BCUT2D eigenvalue weighted by Crippen LogP contribution is -2.09. The Hall–Kier alpha value is -3.81. The molecule has 0 bridgehead atoms. The summed E-state index contributed by atoms with van der Waals surface area (Å²) in [5.41, 5.74) is 2.33. The molecule has 152 valence electrons. The summed E-state index contributed by atoms with van der Waals surface area (Å²) in [5, 5.41) is 7.40. The molecule has 3 aromatic heterocycles. The highest BCUT2D eigenvalue weighted by molar-refractivity contribution is 5.77. The van der Waals surface area contributed by atoms with Crippen molar-refractivity contribution in [2.45, 2.75) is 20.0 Å². The number of ether oxygens (including phenoxy) is 1. The number of aromatic nitrogens is 5. The highest BCUT2D eigenvalue weighted by Gasteiger charge is 2.18. The monoisotopic (exact) mass is 404 g/mol. The van der Waals surface area contributed by atoms with Crippen LogP contribution in [0.5, 0.6) is 5.88 Å². The van der Waals surface area contributed by atoms with E-state index in [9.17, 15) is 4.39 Å². The third-order valence-electron chi connectivity index (χ3n) is 4.36. The van der Waals surface area contributed by atoms with Gasteiger partial charge in [-0.1, -0.05) is 30.3 Å². The summed E-state index contributed by atoms with van der Waals surface area (Å²) in [6.07, 6.45) is 6.30. The molecule has 0 unspecified atom stereocenters. The fraction of sp³-hybridized carbons (Fsp3) is 0.182. The number of nitrogens with one attached hydrogen (secondary N) is 1. The van der Waals surface area contributed by atoms with Gasteiger partial charge in [0.15, 0.2) is 5.82 Å². The van der Waals surface area contributed by atoms with E-state index in [-0.39, 0.29) is 11.8 Å². The summed E-state index contributed by atoms with van der Waals surface area (Å²) < 4.78 is 22.2. The van der Waals surface area contributed by atoms with Crippen molar-refractivity contribution in [3.05, 3.63) is 67.0 Å². The van der Waals surface area contributed by atoms with Gasteiger partial charge in [-0.3, -0.25) is 14.6 Å². The minimum atomic E-state index is -0.435. The van der Waals surface area contributed by atoms with Crippen molar-refractivity contribution in [1.82, 2.24) is 24.7 Å². The van der Waals surface area contributed by atoms with Crippen LogP contribution in [0.2, 0.25) is 0 Å². The van der Waals surface area contributed by atoms with E-state index in [2.05, 4.69) is 25.4 Å². The molecule has 0 fully saturated rings. The normalized spacial score (nSPS) is 11.0. The van der Waals surface area contributed by atoms with Gasteiger partial charge in [-0.05, 0) is 25.5 Å². The zero-order valence-corrected chi connectivity index (χ0v) is 16.9. The van der Waals surface area contributed by atoms with Gasteiger partial charge in [-0.15, -0.1) is 0 Å². The van der Waals surface area contributed by atoms with E-state index in [0.717, 1.165) is 5.56 Å². The second-order valence-electron chi connectivity index (χ2n) is 6.99. The molecule has 4 rings (SSSR count). The summed E-state index contributed by atoms with van der Waals surface area (Å²) in [7, 11) is 1.75. The number of halogens is 1. The molecule has 0 amide bonds. The standard InChI is InChI=1S/C22H21FN6O/c1-14(2)30-20-13-24-12-19(27-20)28-22-17(11-26-29(22)3)21-18(23)9-16(10-25-21)15-7-5-4-6-8-15/h4-14H,1-3H3,(H,27,28). The Bertz CT molecular complexity index is 1160. The van der Waals surface area contributed by atoms with Gasteiger partial charge in [0.2, 0.25) is 5.88 Å². The lowest BCUT2D eigenvalue weighted by Gasteiger charge is -2.12. The zero-order valence-electron chi connectivity index (χ0n) is 16.9. The first-order chi connectivity index (χ1) is 14.5. The first kappa shape index (κ1) is 19.5. The largest absolute Gasteiger partial charge is 0.474 e. The van der Waals surface area contributed by atoms with Crippen LogP contribution in [0.15, 0.2) is 61.2 Å². The number of pyridine rings is 1. The summed E-state index contributed by atoms with van der Waals surface area (Å²) in [4.78, 5) is 12.9. The van der Waals surface area contributed by atoms with Crippen molar-refractivity contribution in [1.29, 1.82) is 0 Å². The molecule has 1 aromatic carbocycles. The molecule has 0 aliphatic carbocycles. The van der Waals surface area contributed by atoms with Crippen LogP contribution in [-0.2, 0) is 7.05 Å². The predicted molar refractivity (Wildman–Crippen MR) is 113 cm³/mol. The highest BCUT2D eigenvalue weighted by Crippen LogP contribution is 2.31. The van der Waals surface area contributed by atoms with Crippen molar-refractivity contribution in [3.8, 4) is 28.3 Å². The van der Waals surface area contributed by atoms with Gasteiger partial charge in [-0.25, -0.2) is 4.39 Å². The van der Waals surface area contributed by atoms with Crippen LogP contribution < -0.4 is 10.1 Å². The maximum Gasteiger partial charge on any atom is 0.234 e. The smallest absolute Gasteiger partial charge is 0.234 e. The van der Waals surface area contributed by atoms with Crippen LogP contribution in [0.4, 0.5) is 16.0 Å². The molecular weight excluding hydrogens is 383 g/mol. The molecule has 0 atom stereocenters. The molecule has 4 aromatic rings. The van der Waals surface area contributed by atoms with Gasteiger partial charge in [0.1, 0.15) is 17.3 Å². The Morgan fingerprint density at radius 2 is 1.83 bits per heavy atom. The predicted octanol–water partition coefficient (Wildman–Crippen LogP) is 4.61. The Labute approximate surface area is 173 Å². The van der Waals surface area contributed by atoms with E-state index < -0.39 is 5.82 Å². The van der Waals surface area contributed by atoms with Gasteiger partial charge in [0.05, 0.1) is 30.3 Å². The summed E-state index contributed by atoms with van der Waals surface area (Å²) in [6, 6.07) is 11.0. The number of hydrogen-bond acceptors (Lipinski definition) is 6. The number of benzene rings is 1. The molecule has 30 heavy (non-hydrogen) atoms. The molecule has 0 spiro atoms. The second-order valence-corrected chi connectivity index (χ2v) is 6.99. The Kier molecular flexibility index (Phi) is 5.38. The third-order valence-corrected chi connectivity index (χ3v) is 4.36. The fourth-order valence-electron chi connectivity index (χ4n) is 3.01. The highest BCUT2D eigenvalue weighted by atomic mass is 19.1. The maximum absolute atomic E-state index is 15.0. The van der Waals surface area contributed by atoms with Crippen molar-refractivity contribution in [2.24, 2.45) is 7.05 Å². The van der Waals surface area contributed by atoms with E-state index in [0.29, 0.717) is 28.6 Å². The molecular formula is C22H21FN6O. The van der Waals surface area contributed by atoms with Crippen LogP contribution in [-0.4, -0.2) is 30.8 Å². The molecule has 7 nitrogen and oxygen atoms in total. The van der Waals surface area contributed by atoms with Gasteiger partial charge < -0.3 is 10.1 Å². The molecule has 1 N–H and O–H groups in total. The topological polar surface area (TPSA) is 77.8 Å². The molecule has 3 heterocycles. The van der Waals surface area contributed by atoms with Crippen LogP contribution in [0.3, 0.4) is 0 Å². The van der Waals surface area contributed by atoms with Gasteiger partial charge in [0, 0.05) is 18.8 Å². The van der Waals surface area contributed by atoms with E-state index in [1.807, 2.05) is 44.2 Å². The molecule has 0 aliphatic heterocycles. The second kappa shape index (κ2) is 8.28.